The third kappa shape index (κ3) is 0.551. The fraction of sp³-hybridized carbons (Fsp3) is 1.00. The van der Waals surface area contributed by atoms with Crippen LogP contribution in [-0.2, 0) is 4.74 Å². The van der Waals surface area contributed by atoms with E-state index in [-0.39, 0.29) is 5.56 Å². The lowest BCUT2D eigenvalue weighted by atomic mass is 10.6. The SMILES string of the molecule is C[C@@H]1O[C@@H]1Cl. The second-order valence-corrected chi connectivity index (χ2v) is 1.62. The molecule has 30 valence electrons. The molecule has 5 heavy (non-hydrogen) atoms. The number of ether oxygens (including phenoxy) is 1. The van der Waals surface area contributed by atoms with Gasteiger partial charge in [-0.3, -0.25) is 0 Å². The van der Waals surface area contributed by atoms with Crippen LogP contribution in [-0.4, -0.2) is 11.7 Å². The maximum absolute atomic E-state index is 5.31. The normalized spacial score (nSPS) is 49.2. The van der Waals surface area contributed by atoms with E-state index in [2.05, 4.69) is 4.74 Å². The standard InChI is InChI=1S/C3H5ClO/c1-2-3(4)5-2/h2-3H,1H3/t2-,3-/m0/s1. The van der Waals surface area contributed by atoms with Gasteiger partial charge in [0, 0.05) is 0 Å². The summed E-state index contributed by atoms with van der Waals surface area (Å²) in [5.41, 5.74) is 0.0231. The van der Waals surface area contributed by atoms with Gasteiger partial charge in [0.2, 0.25) is 0 Å². The van der Waals surface area contributed by atoms with Gasteiger partial charge in [0.25, 0.3) is 0 Å². The summed E-state index contributed by atoms with van der Waals surface area (Å²) < 4.78 is 4.68. The molecule has 0 N–H and O–H groups in total. The Hall–Kier alpha value is 0.250. The van der Waals surface area contributed by atoms with E-state index >= 15 is 0 Å². The summed E-state index contributed by atoms with van der Waals surface area (Å²) in [7, 11) is 0. The molecule has 0 unspecified atom stereocenters. The van der Waals surface area contributed by atoms with E-state index in [0.29, 0.717) is 6.10 Å². The average molecular weight is 92.5 g/mol. The first kappa shape index (κ1) is 3.44. The van der Waals surface area contributed by atoms with E-state index in [0.717, 1.165) is 0 Å². The van der Waals surface area contributed by atoms with Gasteiger partial charge in [0.15, 0.2) is 5.56 Å². The van der Waals surface area contributed by atoms with Crippen LogP contribution >= 0.6 is 11.6 Å². The van der Waals surface area contributed by atoms with E-state index < -0.39 is 0 Å². The first-order valence-electron chi connectivity index (χ1n) is 1.60. The average Bonchev–Trinajstić information content (AvgIpc) is 1.79. The summed E-state index contributed by atoms with van der Waals surface area (Å²) >= 11 is 5.31. The van der Waals surface area contributed by atoms with E-state index in [4.69, 9.17) is 11.6 Å². The smallest absolute Gasteiger partial charge is 0.157 e. The highest BCUT2D eigenvalue weighted by atomic mass is 35.5. The summed E-state index contributed by atoms with van der Waals surface area (Å²) in [6, 6.07) is 0. The summed E-state index contributed by atoms with van der Waals surface area (Å²) in [6.07, 6.45) is 0.316. The van der Waals surface area contributed by atoms with Gasteiger partial charge in [-0.25, -0.2) is 0 Å². The van der Waals surface area contributed by atoms with Crippen LogP contribution in [0.3, 0.4) is 0 Å². The van der Waals surface area contributed by atoms with Gasteiger partial charge in [0.05, 0.1) is 6.10 Å². The van der Waals surface area contributed by atoms with Crippen LogP contribution in [0.4, 0.5) is 0 Å². The minimum absolute atomic E-state index is 0.0231. The van der Waals surface area contributed by atoms with Gasteiger partial charge in [-0.15, -0.1) is 0 Å². The van der Waals surface area contributed by atoms with Crippen molar-refractivity contribution in [3.63, 3.8) is 0 Å². The van der Waals surface area contributed by atoms with Crippen LogP contribution in [0.25, 0.3) is 0 Å². The third-order valence-electron chi connectivity index (χ3n) is 0.637. The van der Waals surface area contributed by atoms with Crippen molar-refractivity contribution >= 4 is 11.6 Å². The monoisotopic (exact) mass is 92.0 g/mol. The fourth-order valence-corrected chi connectivity index (χ4v) is 0.322. The zero-order valence-electron chi connectivity index (χ0n) is 2.94. The second kappa shape index (κ2) is 0.854. The number of epoxide rings is 1. The van der Waals surface area contributed by atoms with Gasteiger partial charge in [0.1, 0.15) is 0 Å². The van der Waals surface area contributed by atoms with Crippen molar-refractivity contribution in [3.8, 4) is 0 Å². The van der Waals surface area contributed by atoms with Gasteiger partial charge in [-0.2, -0.15) is 0 Å². The molecule has 0 bridgehead atoms. The lowest BCUT2D eigenvalue weighted by Crippen LogP contribution is -1.69. The molecule has 1 rings (SSSR count). The minimum Gasteiger partial charge on any atom is -0.353 e. The first-order chi connectivity index (χ1) is 2.30. The van der Waals surface area contributed by atoms with Crippen LogP contribution in [0.15, 0.2) is 0 Å². The van der Waals surface area contributed by atoms with Crippen LogP contribution in [0.2, 0.25) is 0 Å². The Morgan fingerprint density at radius 1 is 1.80 bits per heavy atom. The molecule has 1 aliphatic rings. The molecule has 0 aromatic rings. The third-order valence-corrected chi connectivity index (χ3v) is 1.09. The minimum atomic E-state index is 0.0231. The molecule has 0 aromatic heterocycles. The molecule has 2 heteroatoms. The van der Waals surface area contributed by atoms with Crippen molar-refractivity contribution in [1.82, 2.24) is 0 Å². The Bertz CT molecular complexity index is 40.2. The lowest BCUT2D eigenvalue weighted by molar-refractivity contribution is 0.411. The molecule has 1 aliphatic heterocycles. The molecule has 1 heterocycles. The maximum atomic E-state index is 5.31. The van der Waals surface area contributed by atoms with E-state index in [9.17, 15) is 0 Å². The molecule has 1 fully saturated rings. The van der Waals surface area contributed by atoms with Crippen LogP contribution in [0.1, 0.15) is 6.92 Å². The van der Waals surface area contributed by atoms with Gasteiger partial charge < -0.3 is 4.74 Å². The van der Waals surface area contributed by atoms with Gasteiger partial charge in [-0.1, -0.05) is 11.6 Å². The summed E-state index contributed by atoms with van der Waals surface area (Å²) in [6.45, 7) is 1.94. The number of rotatable bonds is 0. The van der Waals surface area contributed by atoms with E-state index in [1.807, 2.05) is 6.92 Å². The van der Waals surface area contributed by atoms with Gasteiger partial charge in [-0.05, 0) is 6.92 Å². The quantitative estimate of drug-likeness (QED) is 0.320. The van der Waals surface area contributed by atoms with E-state index in [1.165, 1.54) is 0 Å². The fourth-order valence-electron chi connectivity index (χ4n) is 0.160. The highest BCUT2D eigenvalue weighted by molar-refractivity contribution is 6.21. The number of hydrogen-bond acceptors (Lipinski definition) is 1. The lowest BCUT2D eigenvalue weighted by Gasteiger charge is -1.55. The first-order valence-corrected chi connectivity index (χ1v) is 2.04. The molecule has 1 nitrogen and oxygen atoms in total. The molecular weight excluding hydrogens is 87.5 g/mol. The van der Waals surface area contributed by atoms with Crippen LogP contribution in [0.5, 0.6) is 0 Å². The topological polar surface area (TPSA) is 12.5 Å². The Morgan fingerprint density at radius 3 is 2.00 bits per heavy atom. The molecule has 0 saturated carbocycles. The summed E-state index contributed by atoms with van der Waals surface area (Å²) in [4.78, 5) is 0. The molecular formula is C3H5ClO. The van der Waals surface area contributed by atoms with Crippen molar-refractivity contribution in [2.24, 2.45) is 0 Å². The summed E-state index contributed by atoms with van der Waals surface area (Å²) in [5, 5.41) is 0. The van der Waals surface area contributed by atoms with Crippen molar-refractivity contribution < 1.29 is 4.74 Å². The number of halogens is 1. The maximum Gasteiger partial charge on any atom is 0.157 e. The molecule has 0 aromatic carbocycles. The van der Waals surface area contributed by atoms with Crippen molar-refractivity contribution in [2.45, 2.75) is 18.6 Å². The Morgan fingerprint density at radius 2 is 2.00 bits per heavy atom. The van der Waals surface area contributed by atoms with Crippen molar-refractivity contribution in [3.05, 3.63) is 0 Å². The largest absolute Gasteiger partial charge is 0.353 e. The van der Waals surface area contributed by atoms with Crippen molar-refractivity contribution in [1.29, 1.82) is 0 Å². The zero-order valence-corrected chi connectivity index (χ0v) is 3.70. The zero-order chi connectivity index (χ0) is 3.86. The van der Waals surface area contributed by atoms with Crippen LogP contribution < -0.4 is 0 Å². The molecule has 0 amide bonds. The number of hydrogen-bond donors (Lipinski definition) is 0. The second-order valence-electron chi connectivity index (χ2n) is 1.19. The van der Waals surface area contributed by atoms with Crippen molar-refractivity contribution in [2.75, 3.05) is 0 Å². The molecule has 0 spiro atoms. The number of alkyl halides is 1. The molecule has 0 radical (unpaired) electrons. The molecule has 2 atom stereocenters. The predicted molar refractivity (Wildman–Crippen MR) is 20.2 cm³/mol. The van der Waals surface area contributed by atoms with Crippen LogP contribution in [0, 0.1) is 0 Å². The predicted octanol–water partition coefficient (Wildman–Crippen LogP) is 0.970. The Balaban J connectivity index is 2.20. The highest BCUT2D eigenvalue weighted by Crippen LogP contribution is 2.23. The summed E-state index contributed by atoms with van der Waals surface area (Å²) in [5.74, 6) is 0. The molecule has 1 saturated heterocycles. The Labute approximate surface area is 35.9 Å². The highest BCUT2D eigenvalue weighted by Gasteiger charge is 2.30. The van der Waals surface area contributed by atoms with E-state index in [1.54, 1.807) is 0 Å². The Kier molecular flexibility index (Phi) is 0.588. The van der Waals surface area contributed by atoms with Gasteiger partial charge >= 0.3 is 0 Å². The molecule has 0 aliphatic carbocycles.